The van der Waals surface area contributed by atoms with Gasteiger partial charge in [-0.2, -0.15) is 0 Å². The normalized spacial score (nSPS) is 26.2. The number of carboxylic acid groups (broad SMARTS) is 1. The molecule has 2 aromatic rings. The molecule has 1 fully saturated rings. The number of aliphatic carboxylic acids is 1. The number of carbonyl (C=O) groups is 2. The van der Waals surface area contributed by atoms with Crippen LogP contribution in [-0.4, -0.2) is 94.6 Å². The molecule has 0 radical (unpaired) electrons. The Morgan fingerprint density at radius 2 is 2.10 bits per heavy atom. The molecule has 7 N–H and O–H groups in total. The topological polar surface area (TPSA) is 212 Å². The summed E-state index contributed by atoms with van der Waals surface area (Å²) in [4.78, 5) is 35.2. The standard InChI is InChI=1S/C15H20N6O8/c1-6(23)8(13(26)27)19-14(28)20-11-9-12(17-4-16-11)21(5-18-9)15(3-22)10(25)7(24)2-29-15/h4-8,10,22-25H,2-3H2,1H3,(H,26,27)(H2,16,17,19,20,28)/t6-,7+,8+,10+,15?/m1/s1. The van der Waals surface area contributed by atoms with Gasteiger partial charge in [0.15, 0.2) is 28.7 Å². The summed E-state index contributed by atoms with van der Waals surface area (Å²) in [6, 6.07) is -2.51. The molecular weight excluding hydrogens is 392 g/mol. The Kier molecular flexibility index (Phi) is 5.63. The van der Waals surface area contributed by atoms with Gasteiger partial charge in [-0.1, -0.05) is 0 Å². The fraction of sp³-hybridized carbons (Fsp3) is 0.533. The molecule has 14 heteroatoms. The van der Waals surface area contributed by atoms with E-state index in [1.54, 1.807) is 0 Å². The van der Waals surface area contributed by atoms with Gasteiger partial charge in [0.1, 0.15) is 18.5 Å². The van der Waals surface area contributed by atoms with E-state index in [2.05, 4.69) is 25.6 Å². The maximum Gasteiger partial charge on any atom is 0.328 e. The number of urea groups is 1. The average molecular weight is 412 g/mol. The minimum atomic E-state index is -1.73. The number of rotatable bonds is 6. The number of carboxylic acids is 1. The Morgan fingerprint density at radius 3 is 2.66 bits per heavy atom. The van der Waals surface area contributed by atoms with Gasteiger partial charge in [0, 0.05) is 0 Å². The molecule has 5 atom stereocenters. The van der Waals surface area contributed by atoms with Crippen LogP contribution < -0.4 is 10.6 Å². The molecule has 0 bridgehead atoms. The van der Waals surface area contributed by atoms with Crippen LogP contribution in [0.2, 0.25) is 0 Å². The number of aromatic nitrogens is 4. The van der Waals surface area contributed by atoms with Crippen LogP contribution in [0.15, 0.2) is 12.7 Å². The number of amides is 2. The van der Waals surface area contributed by atoms with Gasteiger partial charge < -0.3 is 35.6 Å². The van der Waals surface area contributed by atoms with Crippen LogP contribution >= 0.6 is 0 Å². The lowest BCUT2D eigenvalue weighted by Gasteiger charge is -2.31. The maximum atomic E-state index is 12.1. The van der Waals surface area contributed by atoms with E-state index in [1.165, 1.54) is 17.8 Å². The lowest BCUT2D eigenvalue weighted by molar-refractivity contribution is -0.149. The number of fused-ring (bicyclic) bond motifs is 1. The summed E-state index contributed by atoms with van der Waals surface area (Å²) in [5, 5.41) is 52.8. The summed E-state index contributed by atoms with van der Waals surface area (Å²) in [5.41, 5.74) is -1.61. The predicted molar refractivity (Wildman–Crippen MR) is 93.6 cm³/mol. The van der Waals surface area contributed by atoms with Crippen molar-refractivity contribution >= 4 is 29.0 Å². The number of carbonyl (C=O) groups excluding carboxylic acids is 1. The number of hydrogen-bond acceptors (Lipinski definition) is 10. The van der Waals surface area contributed by atoms with Gasteiger partial charge >= 0.3 is 12.0 Å². The number of hydrogen-bond donors (Lipinski definition) is 7. The number of anilines is 1. The molecule has 0 aliphatic carbocycles. The van der Waals surface area contributed by atoms with E-state index in [4.69, 9.17) is 9.84 Å². The molecule has 0 saturated carbocycles. The lowest BCUT2D eigenvalue weighted by Crippen LogP contribution is -2.49. The van der Waals surface area contributed by atoms with Gasteiger partial charge in [0.25, 0.3) is 0 Å². The summed E-state index contributed by atoms with van der Waals surface area (Å²) >= 11 is 0. The van der Waals surface area contributed by atoms with E-state index < -0.39 is 48.7 Å². The van der Waals surface area contributed by atoms with Crippen LogP contribution in [0.1, 0.15) is 6.92 Å². The Bertz CT molecular complexity index is 919. The van der Waals surface area contributed by atoms with Crippen LogP contribution in [0.5, 0.6) is 0 Å². The highest BCUT2D eigenvalue weighted by Gasteiger charge is 2.51. The van der Waals surface area contributed by atoms with Gasteiger partial charge in [-0.15, -0.1) is 0 Å². The highest BCUT2D eigenvalue weighted by Crippen LogP contribution is 2.34. The van der Waals surface area contributed by atoms with Crippen LogP contribution in [0.4, 0.5) is 10.6 Å². The summed E-state index contributed by atoms with van der Waals surface area (Å²) in [6.45, 7) is 0.286. The number of aliphatic hydroxyl groups excluding tert-OH is 4. The summed E-state index contributed by atoms with van der Waals surface area (Å²) in [7, 11) is 0. The Hall–Kier alpha value is -2.91. The molecule has 3 rings (SSSR count). The first-order valence-corrected chi connectivity index (χ1v) is 8.49. The highest BCUT2D eigenvalue weighted by atomic mass is 16.6. The van der Waals surface area contributed by atoms with Crippen molar-refractivity contribution in [2.24, 2.45) is 0 Å². The molecule has 1 aliphatic heterocycles. The van der Waals surface area contributed by atoms with Gasteiger partial charge in [0.05, 0.1) is 25.6 Å². The molecule has 2 amide bonds. The van der Waals surface area contributed by atoms with Gasteiger partial charge in [0.2, 0.25) is 0 Å². The minimum Gasteiger partial charge on any atom is -0.480 e. The molecule has 2 aromatic heterocycles. The molecule has 29 heavy (non-hydrogen) atoms. The van der Waals surface area contributed by atoms with Crippen molar-refractivity contribution in [2.75, 3.05) is 18.5 Å². The van der Waals surface area contributed by atoms with Crippen molar-refractivity contribution in [1.82, 2.24) is 24.8 Å². The van der Waals surface area contributed by atoms with Gasteiger partial charge in [-0.25, -0.2) is 24.5 Å². The Morgan fingerprint density at radius 1 is 1.38 bits per heavy atom. The highest BCUT2D eigenvalue weighted by molar-refractivity contribution is 5.97. The van der Waals surface area contributed by atoms with E-state index in [0.717, 1.165) is 6.33 Å². The van der Waals surface area contributed by atoms with Gasteiger partial charge in [-0.3, -0.25) is 9.88 Å². The van der Waals surface area contributed by atoms with Crippen LogP contribution in [0.3, 0.4) is 0 Å². The molecule has 158 valence electrons. The predicted octanol–water partition coefficient (Wildman–Crippen LogP) is -2.82. The zero-order chi connectivity index (χ0) is 21.3. The van der Waals surface area contributed by atoms with E-state index in [-0.39, 0.29) is 23.6 Å². The van der Waals surface area contributed by atoms with Crippen molar-refractivity contribution < 1.29 is 39.9 Å². The number of aliphatic hydroxyl groups is 4. The van der Waals surface area contributed by atoms with Crippen LogP contribution in [-0.2, 0) is 15.3 Å². The summed E-state index contributed by atoms with van der Waals surface area (Å²) in [6.07, 6.45) is -1.79. The van der Waals surface area contributed by atoms with Crippen molar-refractivity contribution in [3.63, 3.8) is 0 Å². The number of nitrogens with zero attached hydrogens (tertiary/aromatic N) is 4. The summed E-state index contributed by atoms with van der Waals surface area (Å²) in [5.74, 6) is -1.52. The third-order valence-electron chi connectivity index (χ3n) is 4.57. The van der Waals surface area contributed by atoms with Crippen molar-refractivity contribution in [2.45, 2.75) is 37.0 Å². The molecule has 14 nitrogen and oxygen atoms in total. The van der Waals surface area contributed by atoms with E-state index in [0.29, 0.717) is 0 Å². The average Bonchev–Trinajstić information content (AvgIpc) is 3.23. The maximum absolute atomic E-state index is 12.1. The fourth-order valence-electron chi connectivity index (χ4n) is 3.01. The minimum absolute atomic E-state index is 0.0524. The monoisotopic (exact) mass is 412 g/mol. The zero-order valence-corrected chi connectivity index (χ0v) is 15.1. The largest absolute Gasteiger partial charge is 0.480 e. The number of nitrogens with one attached hydrogen (secondary N) is 2. The third-order valence-corrected chi connectivity index (χ3v) is 4.57. The molecule has 1 unspecified atom stereocenters. The molecule has 1 saturated heterocycles. The second-order valence-electron chi connectivity index (χ2n) is 6.49. The fourth-order valence-corrected chi connectivity index (χ4v) is 3.01. The second kappa shape index (κ2) is 7.84. The number of ether oxygens (including phenoxy) is 1. The number of imidazole rings is 1. The zero-order valence-electron chi connectivity index (χ0n) is 15.1. The molecular formula is C15H20N6O8. The molecule has 3 heterocycles. The SMILES string of the molecule is C[C@@H](O)[C@H](NC(=O)Nc1ncnc2c1ncn2C1(CO)OC[C@H](O)[C@@H]1O)C(=O)O. The van der Waals surface area contributed by atoms with E-state index >= 15 is 0 Å². The smallest absolute Gasteiger partial charge is 0.328 e. The van der Waals surface area contributed by atoms with Crippen molar-refractivity contribution in [3.8, 4) is 0 Å². The van der Waals surface area contributed by atoms with Crippen molar-refractivity contribution in [3.05, 3.63) is 12.7 Å². The second-order valence-corrected chi connectivity index (χ2v) is 6.49. The van der Waals surface area contributed by atoms with Crippen LogP contribution in [0, 0.1) is 0 Å². The molecule has 1 aliphatic rings. The molecule has 0 aromatic carbocycles. The molecule has 0 spiro atoms. The lowest BCUT2D eigenvalue weighted by atomic mass is 10.1. The van der Waals surface area contributed by atoms with Crippen molar-refractivity contribution in [1.29, 1.82) is 0 Å². The Balaban J connectivity index is 1.91. The van der Waals surface area contributed by atoms with Crippen LogP contribution in [0.25, 0.3) is 11.2 Å². The first-order valence-electron chi connectivity index (χ1n) is 8.49. The van der Waals surface area contributed by atoms with E-state index in [1.807, 2.05) is 0 Å². The third kappa shape index (κ3) is 3.58. The first kappa shape index (κ1) is 20.8. The summed E-state index contributed by atoms with van der Waals surface area (Å²) < 4.78 is 6.63. The van der Waals surface area contributed by atoms with E-state index in [9.17, 15) is 30.0 Å². The van der Waals surface area contributed by atoms with Gasteiger partial charge in [-0.05, 0) is 6.92 Å². The first-order chi connectivity index (χ1) is 13.7. The Labute approximate surface area is 162 Å². The quantitative estimate of drug-likeness (QED) is 0.257.